The van der Waals surface area contributed by atoms with E-state index in [4.69, 9.17) is 15.6 Å². The maximum atomic E-state index is 10.3. The molecule has 0 aromatic heterocycles. The summed E-state index contributed by atoms with van der Waals surface area (Å²) < 4.78 is 9.76. The number of benzene rings is 1. The normalized spacial score (nSPS) is 9.67. The number of primary amides is 1. The van der Waals surface area contributed by atoms with Crippen LogP contribution in [0.3, 0.4) is 0 Å². The molecule has 0 atom stereocenters. The zero-order valence-corrected chi connectivity index (χ0v) is 8.18. The van der Waals surface area contributed by atoms with E-state index in [0.717, 1.165) is 5.56 Å². The number of rotatable bonds is 5. The minimum atomic E-state index is -0.796. The van der Waals surface area contributed by atoms with Crippen molar-refractivity contribution in [3.05, 3.63) is 29.8 Å². The number of aliphatic hydroxyl groups is 1. The van der Waals surface area contributed by atoms with Crippen molar-refractivity contribution in [2.45, 2.75) is 6.61 Å². The Morgan fingerprint density at radius 3 is 2.53 bits per heavy atom. The predicted molar refractivity (Wildman–Crippen MR) is 53.4 cm³/mol. The average molecular weight is 211 g/mol. The van der Waals surface area contributed by atoms with Crippen molar-refractivity contribution in [3.8, 4) is 5.75 Å². The molecule has 5 nitrogen and oxygen atoms in total. The molecule has 0 aliphatic heterocycles. The lowest BCUT2D eigenvalue weighted by Crippen LogP contribution is -2.12. The van der Waals surface area contributed by atoms with E-state index in [1.165, 1.54) is 0 Å². The quantitative estimate of drug-likeness (QED) is 0.749. The Kier molecular flexibility index (Phi) is 4.43. The van der Waals surface area contributed by atoms with Crippen molar-refractivity contribution in [1.29, 1.82) is 0 Å². The number of nitrogens with two attached hydrogens (primary N) is 1. The Labute approximate surface area is 87.4 Å². The SMILES string of the molecule is NC(=O)OCc1ccc(OCCO)cc1. The Bertz CT molecular complexity index is 310. The molecule has 0 saturated heterocycles. The molecule has 0 spiro atoms. The van der Waals surface area contributed by atoms with Gasteiger partial charge in [-0.3, -0.25) is 0 Å². The van der Waals surface area contributed by atoms with E-state index in [1.54, 1.807) is 24.3 Å². The van der Waals surface area contributed by atoms with E-state index in [0.29, 0.717) is 5.75 Å². The largest absolute Gasteiger partial charge is 0.491 e. The summed E-state index contributed by atoms with van der Waals surface area (Å²) in [4.78, 5) is 10.3. The van der Waals surface area contributed by atoms with Crippen LogP contribution in [0.4, 0.5) is 4.79 Å². The summed E-state index contributed by atoms with van der Waals surface area (Å²) in [5.41, 5.74) is 5.65. The van der Waals surface area contributed by atoms with E-state index in [1.807, 2.05) is 0 Å². The third kappa shape index (κ3) is 4.33. The first-order chi connectivity index (χ1) is 7.22. The fraction of sp³-hybridized carbons (Fsp3) is 0.300. The first kappa shape index (κ1) is 11.3. The Morgan fingerprint density at radius 1 is 1.33 bits per heavy atom. The molecule has 0 radical (unpaired) electrons. The second-order valence-electron chi connectivity index (χ2n) is 2.82. The number of aliphatic hydroxyl groups excluding tert-OH is 1. The van der Waals surface area contributed by atoms with Crippen molar-refractivity contribution in [2.75, 3.05) is 13.2 Å². The molecule has 0 saturated carbocycles. The van der Waals surface area contributed by atoms with Crippen molar-refractivity contribution in [2.24, 2.45) is 5.73 Å². The second kappa shape index (κ2) is 5.87. The van der Waals surface area contributed by atoms with Crippen LogP contribution in [0, 0.1) is 0 Å². The maximum Gasteiger partial charge on any atom is 0.404 e. The van der Waals surface area contributed by atoms with Gasteiger partial charge in [-0.2, -0.15) is 0 Å². The first-order valence-electron chi connectivity index (χ1n) is 4.47. The van der Waals surface area contributed by atoms with Gasteiger partial charge in [-0.1, -0.05) is 12.1 Å². The molecule has 0 unspecified atom stereocenters. The van der Waals surface area contributed by atoms with Gasteiger partial charge in [-0.05, 0) is 17.7 Å². The molecular weight excluding hydrogens is 198 g/mol. The molecule has 0 aliphatic carbocycles. The third-order valence-corrected chi connectivity index (χ3v) is 1.66. The van der Waals surface area contributed by atoms with Gasteiger partial charge in [-0.15, -0.1) is 0 Å². The topological polar surface area (TPSA) is 81.8 Å². The maximum absolute atomic E-state index is 10.3. The van der Waals surface area contributed by atoms with Crippen LogP contribution < -0.4 is 10.5 Å². The van der Waals surface area contributed by atoms with Crippen LogP contribution in [-0.2, 0) is 11.3 Å². The Balaban J connectivity index is 2.45. The van der Waals surface area contributed by atoms with Crippen LogP contribution in [0.1, 0.15) is 5.56 Å². The molecular formula is C10H13NO4. The first-order valence-corrected chi connectivity index (χ1v) is 4.47. The van der Waals surface area contributed by atoms with Crippen molar-refractivity contribution in [3.63, 3.8) is 0 Å². The smallest absolute Gasteiger partial charge is 0.404 e. The summed E-state index contributed by atoms with van der Waals surface area (Å²) in [6, 6.07) is 6.98. The number of hydrogen-bond donors (Lipinski definition) is 2. The van der Waals surface area contributed by atoms with Gasteiger partial charge in [0.15, 0.2) is 0 Å². The van der Waals surface area contributed by atoms with Crippen LogP contribution in [0.25, 0.3) is 0 Å². The average Bonchev–Trinajstić information content (AvgIpc) is 2.25. The highest BCUT2D eigenvalue weighted by Crippen LogP contribution is 2.12. The van der Waals surface area contributed by atoms with Crippen LogP contribution in [0.5, 0.6) is 5.75 Å². The summed E-state index contributed by atoms with van der Waals surface area (Å²) in [6.07, 6.45) is -0.796. The van der Waals surface area contributed by atoms with E-state index < -0.39 is 6.09 Å². The fourth-order valence-electron chi connectivity index (χ4n) is 1.000. The third-order valence-electron chi connectivity index (χ3n) is 1.66. The summed E-state index contributed by atoms with van der Waals surface area (Å²) in [7, 11) is 0. The molecule has 3 N–H and O–H groups in total. The molecule has 1 amide bonds. The summed E-state index contributed by atoms with van der Waals surface area (Å²) >= 11 is 0. The molecule has 0 bridgehead atoms. The van der Waals surface area contributed by atoms with Gasteiger partial charge in [0.2, 0.25) is 0 Å². The van der Waals surface area contributed by atoms with Crippen LogP contribution in [-0.4, -0.2) is 24.4 Å². The van der Waals surface area contributed by atoms with E-state index in [2.05, 4.69) is 4.74 Å². The standard InChI is InChI=1S/C10H13NO4/c11-10(13)15-7-8-1-3-9(4-2-8)14-6-5-12/h1-4,12H,5-7H2,(H2,11,13). The van der Waals surface area contributed by atoms with Gasteiger partial charge < -0.3 is 20.3 Å². The zero-order valence-electron chi connectivity index (χ0n) is 8.18. The molecule has 0 fully saturated rings. The highest BCUT2D eigenvalue weighted by atomic mass is 16.5. The predicted octanol–water partition coefficient (Wildman–Crippen LogP) is 0.653. The van der Waals surface area contributed by atoms with Crippen molar-refractivity contribution >= 4 is 6.09 Å². The lowest BCUT2D eigenvalue weighted by molar-refractivity contribution is 0.150. The van der Waals surface area contributed by atoms with Gasteiger partial charge in [0.1, 0.15) is 19.0 Å². The van der Waals surface area contributed by atoms with Crippen LogP contribution in [0.2, 0.25) is 0 Å². The molecule has 15 heavy (non-hydrogen) atoms. The molecule has 1 rings (SSSR count). The number of carbonyl (C=O) groups is 1. The fourth-order valence-corrected chi connectivity index (χ4v) is 1.000. The molecule has 0 heterocycles. The van der Waals surface area contributed by atoms with Gasteiger partial charge in [-0.25, -0.2) is 4.79 Å². The highest BCUT2D eigenvalue weighted by Gasteiger charge is 1.98. The number of amides is 1. The number of ether oxygens (including phenoxy) is 2. The number of hydrogen-bond acceptors (Lipinski definition) is 4. The molecule has 1 aromatic carbocycles. The van der Waals surface area contributed by atoms with Crippen LogP contribution >= 0.6 is 0 Å². The highest BCUT2D eigenvalue weighted by molar-refractivity contribution is 5.64. The lowest BCUT2D eigenvalue weighted by Gasteiger charge is -2.05. The monoisotopic (exact) mass is 211 g/mol. The second-order valence-corrected chi connectivity index (χ2v) is 2.82. The van der Waals surface area contributed by atoms with E-state index >= 15 is 0 Å². The Hall–Kier alpha value is -1.75. The van der Waals surface area contributed by atoms with Gasteiger partial charge >= 0.3 is 6.09 Å². The summed E-state index contributed by atoms with van der Waals surface area (Å²) in [5, 5.41) is 8.53. The minimum absolute atomic E-state index is 0.0213. The van der Waals surface area contributed by atoms with Gasteiger partial charge in [0, 0.05) is 0 Å². The van der Waals surface area contributed by atoms with E-state index in [9.17, 15) is 4.79 Å². The molecule has 1 aromatic rings. The van der Waals surface area contributed by atoms with Crippen LogP contribution in [0.15, 0.2) is 24.3 Å². The van der Waals surface area contributed by atoms with E-state index in [-0.39, 0.29) is 19.8 Å². The van der Waals surface area contributed by atoms with Crippen molar-refractivity contribution < 1.29 is 19.4 Å². The zero-order chi connectivity index (χ0) is 11.1. The molecule has 0 aliphatic rings. The van der Waals surface area contributed by atoms with Gasteiger partial charge in [0.25, 0.3) is 0 Å². The lowest BCUT2D eigenvalue weighted by atomic mass is 10.2. The molecule has 5 heteroatoms. The summed E-state index contributed by atoms with van der Waals surface area (Å²) in [5.74, 6) is 0.659. The Morgan fingerprint density at radius 2 is 2.00 bits per heavy atom. The van der Waals surface area contributed by atoms with Crippen molar-refractivity contribution in [1.82, 2.24) is 0 Å². The van der Waals surface area contributed by atoms with Gasteiger partial charge in [0.05, 0.1) is 6.61 Å². The summed E-state index contributed by atoms with van der Waals surface area (Å²) in [6.45, 7) is 0.388. The number of carbonyl (C=O) groups excluding carboxylic acids is 1. The minimum Gasteiger partial charge on any atom is -0.491 e. The molecule has 82 valence electrons.